The Morgan fingerprint density at radius 2 is 2.00 bits per heavy atom. The van der Waals surface area contributed by atoms with Crippen LogP contribution in [0, 0.1) is 0 Å². The van der Waals surface area contributed by atoms with Gasteiger partial charge in [0.1, 0.15) is 0 Å². The lowest BCUT2D eigenvalue weighted by Gasteiger charge is -1.92. The minimum Gasteiger partial charge on any atom is -0.366 e. The molecule has 0 radical (unpaired) electrons. The summed E-state index contributed by atoms with van der Waals surface area (Å²) in [6, 6.07) is 10.0. The largest absolute Gasteiger partial charge is 0.366 e. The summed E-state index contributed by atoms with van der Waals surface area (Å²) in [5.41, 5.74) is 6.86. The number of carbonyl (C=O) groups excluding carboxylic acids is 1. The van der Waals surface area contributed by atoms with Crippen molar-refractivity contribution in [2.45, 2.75) is 13.3 Å². The molecule has 2 N–H and O–H groups in total. The van der Waals surface area contributed by atoms with Crippen molar-refractivity contribution in [1.82, 2.24) is 0 Å². The number of nitrogens with two attached hydrogens (primary N) is 1. The van der Waals surface area contributed by atoms with E-state index in [1.807, 2.05) is 48.6 Å². The van der Waals surface area contributed by atoms with Crippen LogP contribution in [0.15, 0.2) is 48.1 Å². The molecule has 15 heavy (non-hydrogen) atoms. The third-order valence-corrected chi connectivity index (χ3v) is 2.06. The zero-order valence-corrected chi connectivity index (χ0v) is 8.81. The van der Waals surface area contributed by atoms with Crippen LogP contribution in [-0.4, -0.2) is 5.91 Å². The molecule has 0 aliphatic heterocycles. The number of amides is 1. The molecule has 2 nitrogen and oxygen atoms in total. The van der Waals surface area contributed by atoms with Crippen LogP contribution < -0.4 is 5.73 Å². The fourth-order valence-electron chi connectivity index (χ4n) is 1.11. The third kappa shape index (κ3) is 4.27. The average molecular weight is 201 g/mol. The molecule has 0 heterocycles. The van der Waals surface area contributed by atoms with Gasteiger partial charge in [0.25, 0.3) is 0 Å². The van der Waals surface area contributed by atoms with Crippen LogP contribution in [0.2, 0.25) is 0 Å². The Labute approximate surface area is 90.1 Å². The molecule has 0 unspecified atom stereocenters. The Morgan fingerprint density at radius 1 is 1.33 bits per heavy atom. The monoisotopic (exact) mass is 201 g/mol. The van der Waals surface area contributed by atoms with E-state index in [2.05, 4.69) is 0 Å². The van der Waals surface area contributed by atoms with Crippen molar-refractivity contribution in [3.63, 3.8) is 0 Å². The van der Waals surface area contributed by atoms with Gasteiger partial charge in [-0.05, 0) is 18.9 Å². The highest BCUT2D eigenvalue weighted by atomic mass is 16.1. The fraction of sp³-hybridized carbons (Fsp3) is 0.154. The van der Waals surface area contributed by atoms with E-state index in [4.69, 9.17) is 5.73 Å². The lowest BCUT2D eigenvalue weighted by Crippen LogP contribution is -2.11. The Hall–Kier alpha value is -1.83. The SMILES string of the molecule is CC(=CCC=Cc1ccccc1)C(N)=O. The molecular formula is C13H15NO. The maximum absolute atomic E-state index is 10.7. The number of carbonyl (C=O) groups is 1. The van der Waals surface area contributed by atoms with Crippen LogP contribution in [0.3, 0.4) is 0 Å². The van der Waals surface area contributed by atoms with Crippen LogP contribution in [0.25, 0.3) is 6.08 Å². The van der Waals surface area contributed by atoms with Crippen molar-refractivity contribution in [3.8, 4) is 0 Å². The molecule has 0 aliphatic carbocycles. The summed E-state index contributed by atoms with van der Waals surface area (Å²) in [4.78, 5) is 10.7. The first-order valence-electron chi connectivity index (χ1n) is 4.88. The summed E-state index contributed by atoms with van der Waals surface area (Å²) in [6.45, 7) is 1.72. The fourth-order valence-corrected chi connectivity index (χ4v) is 1.11. The summed E-state index contributed by atoms with van der Waals surface area (Å²) in [5, 5.41) is 0. The van der Waals surface area contributed by atoms with Crippen LogP contribution in [0.1, 0.15) is 18.9 Å². The van der Waals surface area contributed by atoms with Crippen molar-refractivity contribution in [1.29, 1.82) is 0 Å². The van der Waals surface area contributed by atoms with E-state index in [0.717, 1.165) is 12.0 Å². The normalized spacial score (nSPS) is 11.9. The van der Waals surface area contributed by atoms with Crippen LogP contribution >= 0.6 is 0 Å². The van der Waals surface area contributed by atoms with Gasteiger partial charge in [-0.1, -0.05) is 48.6 Å². The zero-order valence-electron chi connectivity index (χ0n) is 8.81. The lowest BCUT2D eigenvalue weighted by atomic mass is 10.2. The van der Waals surface area contributed by atoms with Gasteiger partial charge in [0.05, 0.1) is 0 Å². The van der Waals surface area contributed by atoms with Gasteiger partial charge in [-0.15, -0.1) is 0 Å². The number of hydrogen-bond donors (Lipinski definition) is 1. The molecule has 0 atom stereocenters. The first-order chi connectivity index (χ1) is 7.20. The Bertz CT molecular complexity index is 377. The third-order valence-electron chi connectivity index (χ3n) is 2.06. The summed E-state index contributed by atoms with van der Waals surface area (Å²) in [6.07, 6.45) is 6.57. The molecule has 0 aromatic heterocycles. The van der Waals surface area contributed by atoms with Gasteiger partial charge >= 0.3 is 0 Å². The number of rotatable bonds is 4. The minimum absolute atomic E-state index is 0.358. The molecule has 2 heteroatoms. The van der Waals surface area contributed by atoms with Gasteiger partial charge in [0, 0.05) is 5.57 Å². The summed E-state index contributed by atoms with van der Waals surface area (Å²) in [5.74, 6) is -0.358. The first kappa shape index (κ1) is 11.2. The molecule has 1 aromatic carbocycles. The number of allylic oxidation sites excluding steroid dienone is 2. The molecule has 0 saturated heterocycles. The number of hydrogen-bond acceptors (Lipinski definition) is 1. The summed E-state index contributed by atoms with van der Waals surface area (Å²) >= 11 is 0. The van der Waals surface area contributed by atoms with E-state index >= 15 is 0 Å². The zero-order chi connectivity index (χ0) is 11.1. The summed E-state index contributed by atoms with van der Waals surface area (Å²) in [7, 11) is 0. The van der Waals surface area contributed by atoms with Crippen molar-refractivity contribution in [3.05, 3.63) is 53.6 Å². The predicted molar refractivity (Wildman–Crippen MR) is 63.0 cm³/mol. The second-order valence-corrected chi connectivity index (χ2v) is 3.30. The number of primary amides is 1. The smallest absolute Gasteiger partial charge is 0.244 e. The standard InChI is InChI=1S/C13H15NO/c1-11(13(14)15)7-5-6-10-12-8-3-2-4-9-12/h2-4,6-10H,5H2,1H3,(H2,14,15). The highest BCUT2D eigenvalue weighted by molar-refractivity contribution is 5.91. The molecule has 0 saturated carbocycles. The second-order valence-electron chi connectivity index (χ2n) is 3.30. The number of benzene rings is 1. The molecular weight excluding hydrogens is 186 g/mol. The molecule has 1 amide bonds. The van der Waals surface area contributed by atoms with E-state index in [9.17, 15) is 4.79 Å². The van der Waals surface area contributed by atoms with E-state index in [-0.39, 0.29) is 5.91 Å². The molecule has 0 aliphatic rings. The van der Waals surface area contributed by atoms with Crippen molar-refractivity contribution in [2.75, 3.05) is 0 Å². The van der Waals surface area contributed by atoms with Crippen LogP contribution in [-0.2, 0) is 4.79 Å². The van der Waals surface area contributed by atoms with E-state index in [0.29, 0.717) is 5.57 Å². The highest BCUT2D eigenvalue weighted by Gasteiger charge is 1.93. The maximum Gasteiger partial charge on any atom is 0.244 e. The molecule has 1 rings (SSSR count). The van der Waals surface area contributed by atoms with Gasteiger partial charge in [0.15, 0.2) is 0 Å². The topological polar surface area (TPSA) is 43.1 Å². The lowest BCUT2D eigenvalue weighted by molar-refractivity contribution is -0.114. The van der Waals surface area contributed by atoms with Crippen LogP contribution in [0.4, 0.5) is 0 Å². The Morgan fingerprint density at radius 3 is 2.60 bits per heavy atom. The molecule has 0 bridgehead atoms. The van der Waals surface area contributed by atoms with Gasteiger partial charge < -0.3 is 5.73 Å². The Kier molecular flexibility index (Phi) is 4.35. The first-order valence-corrected chi connectivity index (χ1v) is 4.88. The van der Waals surface area contributed by atoms with Gasteiger partial charge in [-0.2, -0.15) is 0 Å². The predicted octanol–water partition coefficient (Wildman–Crippen LogP) is 2.52. The maximum atomic E-state index is 10.7. The quantitative estimate of drug-likeness (QED) is 0.747. The van der Waals surface area contributed by atoms with Crippen molar-refractivity contribution in [2.24, 2.45) is 5.73 Å². The van der Waals surface area contributed by atoms with Gasteiger partial charge in [0.2, 0.25) is 5.91 Å². The molecule has 0 spiro atoms. The molecule has 0 fully saturated rings. The van der Waals surface area contributed by atoms with E-state index in [1.54, 1.807) is 6.92 Å². The Balaban J connectivity index is 2.48. The highest BCUT2D eigenvalue weighted by Crippen LogP contribution is 2.03. The van der Waals surface area contributed by atoms with E-state index in [1.165, 1.54) is 0 Å². The summed E-state index contributed by atoms with van der Waals surface area (Å²) < 4.78 is 0. The molecule has 1 aromatic rings. The van der Waals surface area contributed by atoms with Gasteiger partial charge in [-0.3, -0.25) is 4.79 Å². The van der Waals surface area contributed by atoms with E-state index < -0.39 is 0 Å². The second kappa shape index (κ2) is 5.81. The van der Waals surface area contributed by atoms with Crippen molar-refractivity contribution >= 4 is 12.0 Å². The average Bonchev–Trinajstić information content (AvgIpc) is 2.25. The molecule has 78 valence electrons. The van der Waals surface area contributed by atoms with Crippen LogP contribution in [0.5, 0.6) is 0 Å². The van der Waals surface area contributed by atoms with Crippen molar-refractivity contribution < 1.29 is 4.79 Å². The van der Waals surface area contributed by atoms with Gasteiger partial charge in [-0.25, -0.2) is 0 Å². The minimum atomic E-state index is -0.358.